The average molecular weight is 416 g/mol. The number of para-hydroxylation sites is 1. The van der Waals surface area contributed by atoms with Crippen LogP contribution in [0.4, 0.5) is 5.95 Å². The van der Waals surface area contributed by atoms with Crippen molar-refractivity contribution >= 4 is 23.6 Å². The summed E-state index contributed by atoms with van der Waals surface area (Å²) in [4.78, 5) is 15.0. The van der Waals surface area contributed by atoms with Gasteiger partial charge in [-0.1, -0.05) is 49.2 Å². The van der Waals surface area contributed by atoms with Crippen LogP contribution in [-0.4, -0.2) is 58.3 Å². The molecule has 1 aliphatic carbocycles. The molecule has 29 heavy (non-hydrogen) atoms. The Morgan fingerprint density at radius 1 is 1.14 bits per heavy atom. The number of carbonyl (C=O) groups is 1. The number of aromatic nitrogens is 3. The third-order valence-electron chi connectivity index (χ3n) is 5.53. The zero-order valence-corrected chi connectivity index (χ0v) is 17.7. The normalized spacial score (nSPS) is 19.1. The van der Waals surface area contributed by atoms with E-state index in [1.807, 2.05) is 37.3 Å². The van der Waals surface area contributed by atoms with Gasteiger partial charge in [0.15, 0.2) is 5.16 Å². The number of nitrogens with zero attached hydrogens (tertiary/aromatic N) is 4. The first-order valence-corrected chi connectivity index (χ1v) is 11.4. The first-order valence-electron chi connectivity index (χ1n) is 10.5. The van der Waals surface area contributed by atoms with E-state index in [1.165, 1.54) is 31.0 Å². The van der Waals surface area contributed by atoms with Gasteiger partial charge in [-0.2, -0.15) is 0 Å². The maximum Gasteiger partial charge on any atom is 0.233 e. The van der Waals surface area contributed by atoms with Gasteiger partial charge in [-0.05, 0) is 31.9 Å². The molecule has 1 aromatic heterocycles. The second kappa shape index (κ2) is 9.63. The minimum Gasteiger partial charge on any atom is -0.378 e. The number of anilines is 1. The summed E-state index contributed by atoms with van der Waals surface area (Å²) in [6.07, 6.45) is 5.87. The number of carbonyl (C=O) groups excluding carboxylic acids is 1. The molecule has 0 bridgehead atoms. The lowest BCUT2D eigenvalue weighted by molar-refractivity contribution is -0.121. The lowest BCUT2D eigenvalue weighted by Crippen LogP contribution is -2.40. The molecular weight excluding hydrogens is 386 g/mol. The van der Waals surface area contributed by atoms with Crippen LogP contribution in [-0.2, 0) is 9.53 Å². The zero-order valence-electron chi connectivity index (χ0n) is 16.9. The number of morpholine rings is 1. The van der Waals surface area contributed by atoms with Crippen LogP contribution in [0.3, 0.4) is 0 Å². The van der Waals surface area contributed by atoms with Crippen LogP contribution in [0.5, 0.6) is 0 Å². The highest BCUT2D eigenvalue weighted by Crippen LogP contribution is 2.30. The number of ether oxygens (including phenoxy) is 1. The lowest BCUT2D eigenvalue weighted by Gasteiger charge is -2.28. The highest BCUT2D eigenvalue weighted by Gasteiger charge is 2.26. The highest BCUT2D eigenvalue weighted by atomic mass is 32.2. The van der Waals surface area contributed by atoms with E-state index >= 15 is 0 Å². The van der Waals surface area contributed by atoms with E-state index in [4.69, 9.17) is 4.74 Å². The van der Waals surface area contributed by atoms with Crippen LogP contribution < -0.4 is 10.2 Å². The van der Waals surface area contributed by atoms with Gasteiger partial charge < -0.3 is 15.0 Å². The van der Waals surface area contributed by atoms with Crippen molar-refractivity contribution < 1.29 is 9.53 Å². The molecule has 2 fully saturated rings. The largest absolute Gasteiger partial charge is 0.378 e. The summed E-state index contributed by atoms with van der Waals surface area (Å²) in [5.74, 6) is 0.888. The van der Waals surface area contributed by atoms with Gasteiger partial charge >= 0.3 is 0 Å². The Balaban J connectivity index is 1.53. The van der Waals surface area contributed by atoms with Crippen molar-refractivity contribution in [2.75, 3.05) is 31.2 Å². The fraction of sp³-hybridized carbons (Fsp3) is 0.571. The van der Waals surface area contributed by atoms with Crippen molar-refractivity contribution in [3.05, 3.63) is 30.3 Å². The lowest BCUT2D eigenvalue weighted by atomic mass is 9.95. The van der Waals surface area contributed by atoms with Gasteiger partial charge in [0, 0.05) is 19.1 Å². The van der Waals surface area contributed by atoms with E-state index in [0.717, 1.165) is 42.7 Å². The molecule has 4 rings (SSSR count). The van der Waals surface area contributed by atoms with E-state index in [1.54, 1.807) is 0 Å². The highest BCUT2D eigenvalue weighted by molar-refractivity contribution is 8.00. The van der Waals surface area contributed by atoms with E-state index in [2.05, 4.69) is 25.0 Å². The van der Waals surface area contributed by atoms with Gasteiger partial charge in [0.25, 0.3) is 0 Å². The van der Waals surface area contributed by atoms with Gasteiger partial charge in [0.2, 0.25) is 11.9 Å². The molecule has 1 N–H and O–H groups in total. The van der Waals surface area contributed by atoms with Crippen molar-refractivity contribution in [1.82, 2.24) is 20.1 Å². The Kier molecular flexibility index (Phi) is 6.71. The van der Waals surface area contributed by atoms with Gasteiger partial charge in [-0.3, -0.25) is 9.36 Å². The summed E-state index contributed by atoms with van der Waals surface area (Å²) < 4.78 is 7.54. The van der Waals surface area contributed by atoms with Crippen molar-refractivity contribution in [3.8, 4) is 5.69 Å². The zero-order chi connectivity index (χ0) is 20.1. The Morgan fingerprint density at radius 2 is 1.86 bits per heavy atom. The van der Waals surface area contributed by atoms with Crippen LogP contribution in [0.1, 0.15) is 39.0 Å². The number of hydrogen-bond acceptors (Lipinski definition) is 6. The van der Waals surface area contributed by atoms with Gasteiger partial charge in [-0.25, -0.2) is 0 Å². The molecule has 0 spiro atoms. The number of benzene rings is 1. The van der Waals surface area contributed by atoms with E-state index in [9.17, 15) is 4.79 Å². The number of thioether (sulfide) groups is 1. The first-order chi connectivity index (χ1) is 14.2. The standard InChI is InChI=1S/C21H29N5O2S/c1-16(19(27)22-17-8-4-2-5-9-17)29-21-24-23-20(25-12-14-28-15-13-25)26(21)18-10-6-3-7-11-18/h3,6-7,10-11,16-17H,2,4-5,8-9,12-15H2,1H3,(H,22,27). The molecule has 1 aliphatic heterocycles. The predicted molar refractivity (Wildman–Crippen MR) is 115 cm³/mol. The Morgan fingerprint density at radius 3 is 2.59 bits per heavy atom. The van der Waals surface area contributed by atoms with Crippen molar-refractivity contribution in [3.63, 3.8) is 0 Å². The van der Waals surface area contributed by atoms with Crippen LogP contribution in [0.2, 0.25) is 0 Å². The predicted octanol–water partition coefficient (Wildman–Crippen LogP) is 3.03. The summed E-state index contributed by atoms with van der Waals surface area (Å²) in [5, 5.41) is 12.7. The molecule has 2 aliphatic rings. The molecule has 1 amide bonds. The third kappa shape index (κ3) is 4.93. The molecule has 2 aromatic rings. The molecule has 7 nitrogen and oxygen atoms in total. The van der Waals surface area contributed by atoms with Crippen molar-refractivity contribution in [2.45, 2.75) is 55.5 Å². The van der Waals surface area contributed by atoms with Crippen LogP contribution in [0, 0.1) is 0 Å². The monoisotopic (exact) mass is 415 g/mol. The van der Waals surface area contributed by atoms with Crippen molar-refractivity contribution in [1.29, 1.82) is 0 Å². The summed E-state index contributed by atoms with van der Waals surface area (Å²) in [5.41, 5.74) is 1.00. The Hall–Kier alpha value is -2.06. The summed E-state index contributed by atoms with van der Waals surface area (Å²) in [6.45, 7) is 4.89. The molecule has 1 saturated heterocycles. The molecule has 1 aromatic carbocycles. The fourth-order valence-electron chi connectivity index (χ4n) is 3.89. The van der Waals surface area contributed by atoms with Crippen molar-refractivity contribution in [2.24, 2.45) is 0 Å². The smallest absolute Gasteiger partial charge is 0.233 e. The Labute approximate surface area is 176 Å². The summed E-state index contributed by atoms with van der Waals surface area (Å²) in [6, 6.07) is 10.4. The second-order valence-corrected chi connectivity index (χ2v) is 8.96. The maximum absolute atomic E-state index is 12.8. The van der Waals surface area contributed by atoms with E-state index < -0.39 is 0 Å². The number of hydrogen-bond donors (Lipinski definition) is 1. The SMILES string of the molecule is CC(Sc1nnc(N2CCOCC2)n1-c1ccccc1)C(=O)NC1CCCCC1. The summed E-state index contributed by atoms with van der Waals surface area (Å²) >= 11 is 1.47. The minimum absolute atomic E-state index is 0.0810. The first kappa shape index (κ1) is 20.2. The van der Waals surface area contributed by atoms with Crippen LogP contribution >= 0.6 is 11.8 Å². The molecular formula is C21H29N5O2S. The van der Waals surface area contributed by atoms with Crippen LogP contribution in [0.25, 0.3) is 5.69 Å². The van der Waals surface area contributed by atoms with Crippen LogP contribution in [0.15, 0.2) is 35.5 Å². The quantitative estimate of drug-likeness (QED) is 0.731. The average Bonchev–Trinajstić information content (AvgIpc) is 3.19. The van der Waals surface area contributed by atoms with Gasteiger partial charge in [0.05, 0.1) is 24.2 Å². The fourth-order valence-corrected chi connectivity index (χ4v) is 4.76. The number of nitrogens with one attached hydrogen (secondary N) is 1. The maximum atomic E-state index is 12.8. The third-order valence-corrected chi connectivity index (χ3v) is 6.57. The molecule has 1 atom stereocenters. The Bertz CT molecular complexity index is 801. The molecule has 0 radical (unpaired) electrons. The van der Waals surface area contributed by atoms with E-state index in [-0.39, 0.29) is 11.2 Å². The molecule has 1 saturated carbocycles. The molecule has 2 heterocycles. The van der Waals surface area contributed by atoms with Gasteiger partial charge in [-0.15, -0.1) is 10.2 Å². The molecule has 156 valence electrons. The minimum atomic E-state index is -0.235. The number of rotatable bonds is 6. The molecule has 8 heteroatoms. The topological polar surface area (TPSA) is 72.3 Å². The van der Waals surface area contributed by atoms with Gasteiger partial charge in [0.1, 0.15) is 0 Å². The second-order valence-electron chi connectivity index (χ2n) is 7.66. The number of amides is 1. The van der Waals surface area contributed by atoms with E-state index in [0.29, 0.717) is 19.3 Å². The summed E-state index contributed by atoms with van der Waals surface area (Å²) in [7, 11) is 0. The molecule has 1 unspecified atom stereocenters.